The number of phenols is 1. The molecule has 248 valence electrons. The molecule has 1 saturated heterocycles. The molecule has 4 rings (SSSR count). The fourth-order valence-electron chi connectivity index (χ4n) is 6.32. The van der Waals surface area contributed by atoms with Crippen molar-refractivity contribution in [3.63, 3.8) is 0 Å². The van der Waals surface area contributed by atoms with Crippen LogP contribution in [0, 0.1) is 0 Å². The molecule has 1 aliphatic heterocycles. The van der Waals surface area contributed by atoms with E-state index in [9.17, 15) is 39.9 Å². The van der Waals surface area contributed by atoms with E-state index < -0.39 is 58.7 Å². The van der Waals surface area contributed by atoms with Crippen LogP contribution in [-0.4, -0.2) is 105 Å². The van der Waals surface area contributed by atoms with Gasteiger partial charge in [-0.05, 0) is 82.0 Å². The van der Waals surface area contributed by atoms with E-state index in [-0.39, 0.29) is 24.2 Å². The topological polar surface area (TPSA) is 194 Å². The molecule has 0 bridgehead atoms. The van der Waals surface area contributed by atoms with Crippen molar-refractivity contribution in [3.05, 3.63) is 64.4 Å². The summed E-state index contributed by atoms with van der Waals surface area (Å²) in [5.74, 6) is -5.84. The molecular formula is C34H43N3O9. The average Bonchev–Trinajstić information content (AvgIpc) is 3.51. The van der Waals surface area contributed by atoms with Gasteiger partial charge in [-0.3, -0.25) is 24.2 Å². The highest BCUT2D eigenvalue weighted by Crippen LogP contribution is 2.42. The van der Waals surface area contributed by atoms with Crippen LogP contribution in [0.15, 0.2) is 47.7 Å². The van der Waals surface area contributed by atoms with E-state index in [1.807, 2.05) is 6.07 Å². The van der Waals surface area contributed by atoms with Crippen LogP contribution in [0.4, 0.5) is 0 Å². The zero-order chi connectivity index (χ0) is 33.9. The standard InChI is InChI=1S/C34H43N3O9/c1-18-13-21(38)15-24(36(2)3)31(42)29(34(35)45)33(44)32(43)26(40)16-25(39)28-22(18)8-9-23(30(28)41)19-7-10-27(46-4)20(14-19)17-37-11-5-6-12-37/h7-10,14,16,18,21,24,32,38-39,41-43H,5-6,11-13,15,17H2,1-4H3,(H2,35,45)/b25-16?,31-29-/t18-,21+,24+,32+/m1/s1. The number of aliphatic hydroxyl groups is 4. The highest BCUT2D eigenvalue weighted by atomic mass is 16.5. The fourth-order valence-corrected chi connectivity index (χ4v) is 6.32. The van der Waals surface area contributed by atoms with Crippen LogP contribution in [0.25, 0.3) is 16.9 Å². The minimum Gasteiger partial charge on any atom is -0.510 e. The van der Waals surface area contributed by atoms with Gasteiger partial charge in [0.15, 0.2) is 11.9 Å². The van der Waals surface area contributed by atoms with E-state index in [1.165, 1.54) is 4.90 Å². The SMILES string of the molecule is COc1ccc(-c2ccc3c(c2O)C(O)=CC(=O)[C@H](O)C(=O)/C(C(N)=O)=C(/O)[C@@H](N(C)C)C[C@@H](O)C[C@H]3C)cc1CN1CCCC1. The van der Waals surface area contributed by atoms with E-state index in [0.29, 0.717) is 35.1 Å². The first-order valence-corrected chi connectivity index (χ1v) is 15.2. The second-order valence-electron chi connectivity index (χ2n) is 12.3. The second-order valence-corrected chi connectivity index (χ2v) is 12.3. The van der Waals surface area contributed by atoms with Gasteiger partial charge in [0.1, 0.15) is 28.6 Å². The zero-order valence-electron chi connectivity index (χ0n) is 26.6. The fraction of sp³-hybridized carbons (Fsp3) is 0.441. The molecule has 0 radical (unpaired) electrons. The van der Waals surface area contributed by atoms with Crippen LogP contribution >= 0.6 is 0 Å². The molecule has 0 spiro atoms. The molecule has 2 aromatic rings. The predicted molar refractivity (Wildman–Crippen MR) is 171 cm³/mol. The molecule has 0 saturated carbocycles. The average molecular weight is 638 g/mol. The van der Waals surface area contributed by atoms with Crippen LogP contribution < -0.4 is 10.5 Å². The van der Waals surface area contributed by atoms with Crippen molar-refractivity contribution in [2.45, 2.75) is 63.3 Å². The number of primary amides is 1. The minimum absolute atomic E-state index is 0.0790. The van der Waals surface area contributed by atoms with Crippen LogP contribution in [0.5, 0.6) is 11.5 Å². The van der Waals surface area contributed by atoms with Crippen molar-refractivity contribution in [2.75, 3.05) is 34.3 Å². The Balaban J connectivity index is 1.86. The molecule has 0 aromatic heterocycles. The third-order valence-corrected chi connectivity index (χ3v) is 8.79. The zero-order valence-corrected chi connectivity index (χ0v) is 26.6. The normalized spacial score (nSPS) is 25.2. The number of Topliss-reactive ketones (excluding diaryl/α,β-unsaturated/α-hetero) is 1. The number of phenolic OH excluding ortho intramolecular Hbond substituents is 1. The van der Waals surface area contributed by atoms with Crippen molar-refractivity contribution in [1.82, 2.24) is 9.80 Å². The maximum Gasteiger partial charge on any atom is 0.255 e. The lowest BCUT2D eigenvalue weighted by atomic mass is 9.85. The largest absolute Gasteiger partial charge is 0.510 e. The molecule has 1 amide bonds. The number of hydrogen-bond donors (Lipinski definition) is 6. The molecular weight excluding hydrogens is 594 g/mol. The Bertz CT molecular complexity index is 1560. The van der Waals surface area contributed by atoms with Gasteiger partial charge < -0.3 is 36.0 Å². The summed E-state index contributed by atoms with van der Waals surface area (Å²) in [4.78, 5) is 42.2. The van der Waals surface area contributed by atoms with Gasteiger partial charge in [0.2, 0.25) is 5.78 Å². The smallest absolute Gasteiger partial charge is 0.255 e. The number of nitrogens with two attached hydrogens (primary N) is 1. The molecule has 12 nitrogen and oxygen atoms in total. The molecule has 12 heteroatoms. The summed E-state index contributed by atoms with van der Waals surface area (Å²) in [5, 5.41) is 55.6. The van der Waals surface area contributed by atoms with Gasteiger partial charge in [-0.25, -0.2) is 0 Å². The Labute approximate surface area is 268 Å². The van der Waals surface area contributed by atoms with Gasteiger partial charge in [0.25, 0.3) is 5.91 Å². The van der Waals surface area contributed by atoms with Crippen molar-refractivity contribution in [2.24, 2.45) is 5.73 Å². The number of ketones is 2. The first-order valence-electron chi connectivity index (χ1n) is 15.2. The first-order chi connectivity index (χ1) is 21.7. The second kappa shape index (κ2) is 14.5. The highest BCUT2D eigenvalue weighted by molar-refractivity contribution is 6.27. The van der Waals surface area contributed by atoms with Crippen molar-refractivity contribution in [3.8, 4) is 22.6 Å². The lowest BCUT2D eigenvalue weighted by molar-refractivity contribution is -0.134. The number of likely N-dealkylation sites (tertiary alicyclic amines) is 1. The van der Waals surface area contributed by atoms with Crippen LogP contribution in [-0.2, 0) is 20.9 Å². The predicted octanol–water partition coefficient (Wildman–Crippen LogP) is 2.55. The van der Waals surface area contributed by atoms with Crippen molar-refractivity contribution >= 4 is 23.2 Å². The highest BCUT2D eigenvalue weighted by Gasteiger charge is 2.36. The number of carbonyl (C=O) groups is 3. The Kier molecular flexibility index (Phi) is 10.9. The van der Waals surface area contributed by atoms with Gasteiger partial charge in [0, 0.05) is 23.7 Å². The summed E-state index contributed by atoms with van der Waals surface area (Å²) in [7, 11) is 4.69. The van der Waals surface area contributed by atoms with Gasteiger partial charge in [-0.2, -0.15) is 0 Å². The number of fused-ring (bicyclic) bond motifs is 1. The van der Waals surface area contributed by atoms with Crippen molar-refractivity contribution < 1.29 is 44.7 Å². The van der Waals surface area contributed by atoms with Gasteiger partial charge in [0.05, 0.1) is 24.8 Å². The lowest BCUT2D eigenvalue weighted by Gasteiger charge is -2.29. The van der Waals surface area contributed by atoms with Crippen molar-refractivity contribution in [1.29, 1.82) is 0 Å². The number of aliphatic hydroxyl groups excluding tert-OH is 4. The molecule has 2 aromatic carbocycles. The summed E-state index contributed by atoms with van der Waals surface area (Å²) >= 11 is 0. The molecule has 1 aliphatic carbocycles. The van der Waals surface area contributed by atoms with E-state index in [2.05, 4.69) is 4.90 Å². The number of ether oxygens (including phenoxy) is 1. The van der Waals surface area contributed by atoms with E-state index in [4.69, 9.17) is 10.5 Å². The Morgan fingerprint density at radius 1 is 1.04 bits per heavy atom. The maximum absolute atomic E-state index is 13.1. The third kappa shape index (κ3) is 7.26. The molecule has 1 fully saturated rings. The molecule has 4 atom stereocenters. The molecule has 1 heterocycles. The van der Waals surface area contributed by atoms with Crippen LogP contribution in [0.2, 0.25) is 0 Å². The summed E-state index contributed by atoms with van der Waals surface area (Å²) < 4.78 is 5.59. The van der Waals surface area contributed by atoms with E-state index >= 15 is 0 Å². The number of benzene rings is 2. The van der Waals surface area contributed by atoms with Gasteiger partial charge >= 0.3 is 0 Å². The van der Waals surface area contributed by atoms with Gasteiger partial charge in [-0.15, -0.1) is 0 Å². The first kappa shape index (κ1) is 34.6. The molecule has 2 aliphatic rings. The Hall–Kier alpha value is -4.23. The van der Waals surface area contributed by atoms with Crippen LogP contribution in [0.3, 0.4) is 0 Å². The number of aromatic hydroxyl groups is 1. The quantitative estimate of drug-likeness (QED) is 0.201. The summed E-state index contributed by atoms with van der Waals surface area (Å²) in [5.41, 5.74) is 6.55. The van der Waals surface area contributed by atoms with Crippen LogP contribution in [0.1, 0.15) is 55.2 Å². The Morgan fingerprint density at radius 2 is 1.72 bits per heavy atom. The molecule has 0 unspecified atom stereocenters. The summed E-state index contributed by atoms with van der Waals surface area (Å²) in [6.07, 6.45) is -0.849. The summed E-state index contributed by atoms with van der Waals surface area (Å²) in [6, 6.07) is 7.76. The lowest BCUT2D eigenvalue weighted by Crippen LogP contribution is -2.40. The minimum atomic E-state index is -2.50. The summed E-state index contributed by atoms with van der Waals surface area (Å²) in [6.45, 7) is 4.34. The van der Waals surface area contributed by atoms with E-state index in [1.54, 1.807) is 52.4 Å². The third-order valence-electron chi connectivity index (χ3n) is 8.79. The number of rotatable bonds is 6. The Morgan fingerprint density at radius 3 is 2.33 bits per heavy atom. The number of hydrogen-bond acceptors (Lipinski definition) is 11. The number of nitrogens with zero attached hydrogens (tertiary/aromatic N) is 2. The van der Waals surface area contributed by atoms with Gasteiger partial charge in [-0.1, -0.05) is 25.1 Å². The number of methoxy groups -OCH3 is 1. The number of amides is 1. The molecule has 46 heavy (non-hydrogen) atoms. The number of carbonyl (C=O) groups excluding carboxylic acids is 3. The van der Waals surface area contributed by atoms with E-state index in [0.717, 1.165) is 31.5 Å². The number of likely N-dealkylation sites (N-methyl/N-ethyl adjacent to an activating group) is 1. The monoisotopic (exact) mass is 637 g/mol. The molecule has 7 N–H and O–H groups in total. The maximum atomic E-state index is 13.1.